The normalized spacial score (nSPS) is 9.35. The van der Waals surface area contributed by atoms with Crippen LogP contribution in [0.3, 0.4) is 0 Å². The number of hydrogen-bond donors (Lipinski definition) is 0. The highest BCUT2D eigenvalue weighted by Crippen LogP contribution is 2.19. The van der Waals surface area contributed by atoms with Crippen LogP contribution in [-0.2, 0) is 0 Å². The van der Waals surface area contributed by atoms with Gasteiger partial charge in [0.15, 0.2) is 6.29 Å². The average molecular weight is 248 g/mol. The molecule has 90 valence electrons. The van der Waals surface area contributed by atoms with Gasteiger partial charge in [-0.05, 0) is 25.1 Å². The van der Waals surface area contributed by atoms with Crippen molar-refractivity contribution in [3.63, 3.8) is 0 Å². The molecule has 2 aromatic rings. The maximum absolute atomic E-state index is 10.4. The van der Waals surface area contributed by atoms with Crippen molar-refractivity contribution in [1.82, 2.24) is 9.19 Å². The van der Waals surface area contributed by atoms with E-state index in [2.05, 4.69) is 5.10 Å². The molecular formula is C13H16N2OS. The van der Waals surface area contributed by atoms with Gasteiger partial charge in [0, 0.05) is 23.0 Å². The zero-order chi connectivity index (χ0) is 12.7. The van der Waals surface area contributed by atoms with Crippen LogP contribution in [0.4, 0.5) is 0 Å². The fourth-order valence-corrected chi connectivity index (χ4v) is 1.87. The van der Waals surface area contributed by atoms with Crippen LogP contribution in [-0.4, -0.2) is 15.5 Å². The largest absolute Gasteiger partial charge is 0.296 e. The van der Waals surface area contributed by atoms with E-state index in [9.17, 15) is 4.79 Å². The van der Waals surface area contributed by atoms with Crippen molar-refractivity contribution in [2.45, 2.75) is 25.7 Å². The van der Waals surface area contributed by atoms with Gasteiger partial charge >= 0.3 is 0 Å². The van der Waals surface area contributed by atoms with Crippen molar-refractivity contribution >= 4 is 18.2 Å². The number of benzene rings is 1. The van der Waals surface area contributed by atoms with Crippen LogP contribution in [0.25, 0.3) is 0 Å². The summed E-state index contributed by atoms with van der Waals surface area (Å²) in [6, 6.07) is 9.84. The van der Waals surface area contributed by atoms with E-state index >= 15 is 0 Å². The second-order valence-electron chi connectivity index (χ2n) is 3.17. The minimum Gasteiger partial charge on any atom is -0.296 e. The Morgan fingerprint density at radius 1 is 1.18 bits per heavy atom. The predicted octanol–water partition coefficient (Wildman–Crippen LogP) is 3.59. The van der Waals surface area contributed by atoms with Crippen LogP contribution < -0.4 is 0 Å². The summed E-state index contributed by atoms with van der Waals surface area (Å²) in [5.74, 6) is 0. The highest BCUT2D eigenvalue weighted by molar-refractivity contribution is 7.97. The Balaban J connectivity index is 0.000000686. The Kier molecular flexibility index (Phi) is 5.49. The third-order valence-electron chi connectivity index (χ3n) is 1.93. The topological polar surface area (TPSA) is 34.9 Å². The zero-order valence-electron chi connectivity index (χ0n) is 10.3. The van der Waals surface area contributed by atoms with Gasteiger partial charge in [-0.25, -0.2) is 4.09 Å². The summed E-state index contributed by atoms with van der Waals surface area (Å²) in [6.07, 6.45) is 2.51. The summed E-state index contributed by atoms with van der Waals surface area (Å²) >= 11 is 1.48. The van der Waals surface area contributed by atoms with E-state index < -0.39 is 0 Å². The first kappa shape index (κ1) is 13.5. The lowest BCUT2D eigenvalue weighted by molar-refractivity contribution is 0.111. The minimum atomic E-state index is 0.453. The van der Waals surface area contributed by atoms with E-state index in [-0.39, 0.29) is 0 Å². The van der Waals surface area contributed by atoms with Crippen LogP contribution >= 0.6 is 11.9 Å². The number of aromatic nitrogens is 2. The van der Waals surface area contributed by atoms with Crippen LogP contribution in [0.2, 0.25) is 0 Å². The lowest BCUT2D eigenvalue weighted by Gasteiger charge is -2.00. The summed E-state index contributed by atoms with van der Waals surface area (Å²) in [5, 5.41) is 4.06. The van der Waals surface area contributed by atoms with Crippen molar-refractivity contribution in [3.05, 3.63) is 47.8 Å². The van der Waals surface area contributed by atoms with Crippen LogP contribution in [0.1, 0.15) is 29.9 Å². The van der Waals surface area contributed by atoms with E-state index in [0.717, 1.165) is 11.2 Å². The maximum Gasteiger partial charge on any atom is 0.170 e. The fourth-order valence-electron chi connectivity index (χ4n) is 1.14. The van der Waals surface area contributed by atoms with Gasteiger partial charge in [-0.15, -0.1) is 0 Å². The van der Waals surface area contributed by atoms with Gasteiger partial charge in [0.25, 0.3) is 0 Å². The standard InChI is InChI=1S/C11H10N2OS.C2H6/c1-9-2-4-11(5-3-9)15-13-7-6-10(8-14)12-13;1-2/h2-8H,1H3;1-2H3. The van der Waals surface area contributed by atoms with E-state index in [1.54, 1.807) is 16.4 Å². The van der Waals surface area contributed by atoms with E-state index in [0.29, 0.717) is 5.69 Å². The Hall–Kier alpha value is -1.55. The van der Waals surface area contributed by atoms with Gasteiger partial charge in [0.05, 0.1) is 0 Å². The van der Waals surface area contributed by atoms with Gasteiger partial charge < -0.3 is 0 Å². The van der Waals surface area contributed by atoms with Gasteiger partial charge in [-0.1, -0.05) is 31.5 Å². The molecule has 0 unspecified atom stereocenters. The molecule has 0 bridgehead atoms. The second-order valence-corrected chi connectivity index (χ2v) is 4.19. The Labute approximate surface area is 106 Å². The van der Waals surface area contributed by atoms with Gasteiger partial charge in [0.2, 0.25) is 0 Å². The fraction of sp³-hybridized carbons (Fsp3) is 0.231. The molecule has 4 heteroatoms. The molecule has 1 aromatic heterocycles. The van der Waals surface area contributed by atoms with Crippen molar-refractivity contribution in [2.75, 3.05) is 0 Å². The molecule has 0 saturated carbocycles. The molecule has 0 N–H and O–H groups in total. The summed E-state index contributed by atoms with van der Waals surface area (Å²) in [4.78, 5) is 11.5. The molecule has 0 radical (unpaired) electrons. The maximum atomic E-state index is 10.4. The third kappa shape index (κ3) is 4.07. The Morgan fingerprint density at radius 2 is 1.82 bits per heavy atom. The number of aryl methyl sites for hydroxylation is 1. The Morgan fingerprint density at radius 3 is 2.35 bits per heavy atom. The van der Waals surface area contributed by atoms with Crippen molar-refractivity contribution < 1.29 is 4.79 Å². The third-order valence-corrected chi connectivity index (χ3v) is 2.80. The molecule has 0 aliphatic heterocycles. The molecule has 1 heterocycles. The summed E-state index contributed by atoms with van der Waals surface area (Å²) in [5.41, 5.74) is 1.68. The van der Waals surface area contributed by atoms with Crippen LogP contribution in [0, 0.1) is 6.92 Å². The molecule has 17 heavy (non-hydrogen) atoms. The first-order valence-electron chi connectivity index (χ1n) is 5.54. The monoisotopic (exact) mass is 248 g/mol. The SMILES string of the molecule is CC.Cc1ccc(Sn2ccc(C=O)n2)cc1. The number of aldehydes is 1. The van der Waals surface area contributed by atoms with Crippen LogP contribution in [0.15, 0.2) is 41.4 Å². The van der Waals surface area contributed by atoms with E-state index in [1.165, 1.54) is 17.5 Å². The molecule has 0 spiro atoms. The molecular weight excluding hydrogens is 232 g/mol. The summed E-state index contributed by atoms with van der Waals surface area (Å²) < 4.78 is 1.68. The average Bonchev–Trinajstić information content (AvgIpc) is 2.82. The van der Waals surface area contributed by atoms with Gasteiger partial charge in [0.1, 0.15) is 5.69 Å². The molecule has 0 fully saturated rings. The number of hydrogen-bond acceptors (Lipinski definition) is 3. The van der Waals surface area contributed by atoms with E-state index in [4.69, 9.17) is 0 Å². The summed E-state index contributed by atoms with van der Waals surface area (Å²) in [7, 11) is 0. The number of carbonyl (C=O) groups is 1. The minimum absolute atomic E-state index is 0.453. The number of nitrogens with zero attached hydrogens (tertiary/aromatic N) is 2. The van der Waals surface area contributed by atoms with Crippen LogP contribution in [0.5, 0.6) is 0 Å². The number of rotatable bonds is 3. The molecule has 0 amide bonds. The Bertz CT molecular complexity index is 463. The molecule has 2 rings (SSSR count). The lowest BCUT2D eigenvalue weighted by atomic mass is 10.2. The highest BCUT2D eigenvalue weighted by Gasteiger charge is 1.99. The predicted molar refractivity (Wildman–Crippen MR) is 71.4 cm³/mol. The van der Waals surface area contributed by atoms with Crippen molar-refractivity contribution in [2.24, 2.45) is 0 Å². The van der Waals surface area contributed by atoms with Crippen molar-refractivity contribution in [1.29, 1.82) is 0 Å². The molecule has 0 atom stereocenters. The van der Waals surface area contributed by atoms with E-state index in [1.807, 2.05) is 45.0 Å². The molecule has 0 aliphatic rings. The molecule has 0 aliphatic carbocycles. The number of carbonyl (C=O) groups excluding carboxylic acids is 1. The zero-order valence-corrected chi connectivity index (χ0v) is 11.1. The second kappa shape index (κ2) is 6.91. The first-order chi connectivity index (χ1) is 8.28. The molecule has 0 saturated heterocycles. The van der Waals surface area contributed by atoms with Gasteiger partial charge in [-0.2, -0.15) is 5.10 Å². The smallest absolute Gasteiger partial charge is 0.170 e. The lowest BCUT2D eigenvalue weighted by Crippen LogP contribution is -1.89. The molecule has 1 aromatic carbocycles. The molecule has 3 nitrogen and oxygen atoms in total. The summed E-state index contributed by atoms with van der Waals surface area (Å²) in [6.45, 7) is 6.05. The highest BCUT2D eigenvalue weighted by atomic mass is 32.2. The van der Waals surface area contributed by atoms with Crippen molar-refractivity contribution in [3.8, 4) is 0 Å². The quantitative estimate of drug-likeness (QED) is 0.779. The van der Waals surface area contributed by atoms with Gasteiger partial charge in [-0.3, -0.25) is 4.79 Å². The first-order valence-corrected chi connectivity index (χ1v) is 6.31.